The molecule has 0 aliphatic carbocycles. The normalized spacial score (nSPS) is 11.9. The first-order valence-electron chi connectivity index (χ1n) is 8.57. The van der Waals surface area contributed by atoms with Crippen LogP contribution < -0.4 is 20.7 Å². The zero-order valence-corrected chi connectivity index (χ0v) is 17.7. The molecule has 1 aromatic rings. The summed E-state index contributed by atoms with van der Waals surface area (Å²) in [4.78, 5) is 15.8. The molecule has 1 amide bonds. The second-order valence-corrected chi connectivity index (χ2v) is 5.57. The van der Waals surface area contributed by atoms with E-state index in [0.717, 1.165) is 25.1 Å². The Bertz CT molecular complexity index is 497. The lowest BCUT2D eigenvalue weighted by atomic mass is 10.2. The number of benzene rings is 1. The van der Waals surface area contributed by atoms with Gasteiger partial charge in [0.2, 0.25) is 5.91 Å². The Morgan fingerprint density at radius 3 is 2.52 bits per heavy atom. The van der Waals surface area contributed by atoms with Gasteiger partial charge in [-0.25, -0.2) is 0 Å². The monoisotopic (exact) mass is 462 g/mol. The molecular formula is C18H31IN4O2. The van der Waals surface area contributed by atoms with Crippen LogP contribution in [0.3, 0.4) is 0 Å². The molecule has 0 saturated heterocycles. The van der Waals surface area contributed by atoms with Gasteiger partial charge < -0.3 is 20.7 Å². The second kappa shape index (κ2) is 14.8. The van der Waals surface area contributed by atoms with Crippen molar-refractivity contribution >= 4 is 35.8 Å². The van der Waals surface area contributed by atoms with E-state index >= 15 is 0 Å². The van der Waals surface area contributed by atoms with Crippen LogP contribution in [0.5, 0.6) is 5.75 Å². The van der Waals surface area contributed by atoms with Gasteiger partial charge in [-0.1, -0.05) is 25.1 Å². The Labute approximate surface area is 168 Å². The van der Waals surface area contributed by atoms with Gasteiger partial charge >= 0.3 is 0 Å². The lowest BCUT2D eigenvalue weighted by Crippen LogP contribution is -2.40. The van der Waals surface area contributed by atoms with Crippen LogP contribution >= 0.6 is 24.0 Å². The van der Waals surface area contributed by atoms with Crippen LogP contribution in [0.2, 0.25) is 0 Å². The van der Waals surface area contributed by atoms with E-state index < -0.39 is 0 Å². The van der Waals surface area contributed by atoms with Gasteiger partial charge in [0.25, 0.3) is 0 Å². The third-order valence-electron chi connectivity index (χ3n) is 3.51. The van der Waals surface area contributed by atoms with Gasteiger partial charge in [-0.2, -0.15) is 0 Å². The lowest BCUT2D eigenvalue weighted by Gasteiger charge is -2.14. The molecule has 1 unspecified atom stereocenters. The van der Waals surface area contributed by atoms with Gasteiger partial charge in [0.05, 0.1) is 6.61 Å². The summed E-state index contributed by atoms with van der Waals surface area (Å²) in [6.07, 6.45) is 2.24. The van der Waals surface area contributed by atoms with E-state index in [9.17, 15) is 4.79 Å². The van der Waals surface area contributed by atoms with Gasteiger partial charge in [-0.05, 0) is 31.9 Å². The predicted octanol–water partition coefficient (Wildman–Crippen LogP) is 2.54. The average Bonchev–Trinajstić information content (AvgIpc) is 2.60. The fraction of sp³-hybridized carbons (Fsp3) is 0.556. The highest BCUT2D eigenvalue weighted by Crippen LogP contribution is 2.07. The van der Waals surface area contributed by atoms with Crippen LogP contribution in [0.15, 0.2) is 35.3 Å². The van der Waals surface area contributed by atoms with Gasteiger partial charge in [-0.3, -0.25) is 9.79 Å². The fourth-order valence-corrected chi connectivity index (χ4v) is 1.95. The van der Waals surface area contributed by atoms with Gasteiger partial charge in [-0.15, -0.1) is 24.0 Å². The van der Waals surface area contributed by atoms with Gasteiger partial charge in [0.1, 0.15) is 5.75 Å². The highest BCUT2D eigenvalue weighted by molar-refractivity contribution is 14.0. The van der Waals surface area contributed by atoms with Crippen molar-refractivity contribution in [2.75, 3.05) is 26.7 Å². The molecule has 142 valence electrons. The topological polar surface area (TPSA) is 74.8 Å². The summed E-state index contributed by atoms with van der Waals surface area (Å²) < 4.78 is 5.63. The molecule has 0 heterocycles. The molecule has 0 saturated carbocycles. The minimum absolute atomic E-state index is 0. The van der Waals surface area contributed by atoms with Crippen molar-refractivity contribution in [3.05, 3.63) is 30.3 Å². The minimum atomic E-state index is 0. The Kier molecular flexibility index (Phi) is 13.9. The van der Waals surface area contributed by atoms with Gasteiger partial charge in [0, 0.05) is 32.6 Å². The number of aliphatic imine (C=N–C) groups is 1. The van der Waals surface area contributed by atoms with Crippen LogP contribution in [0.4, 0.5) is 0 Å². The number of nitrogens with zero attached hydrogens (tertiary/aromatic N) is 1. The van der Waals surface area contributed by atoms with Crippen molar-refractivity contribution in [3.63, 3.8) is 0 Å². The maximum absolute atomic E-state index is 11.7. The standard InChI is InChI=1S/C18H30N4O2.HI/c1-4-15(2)22-17(23)11-13-21-18(19-3)20-12-8-14-24-16-9-6-5-7-10-16;/h5-7,9-10,15H,4,8,11-14H2,1-3H3,(H,22,23)(H2,19,20,21);1H. The van der Waals surface area contributed by atoms with Crippen molar-refractivity contribution in [2.24, 2.45) is 4.99 Å². The summed E-state index contributed by atoms with van der Waals surface area (Å²) in [6, 6.07) is 9.98. The Morgan fingerprint density at radius 2 is 1.88 bits per heavy atom. The van der Waals surface area contributed by atoms with E-state index in [1.165, 1.54) is 0 Å². The maximum Gasteiger partial charge on any atom is 0.221 e. The zero-order valence-electron chi connectivity index (χ0n) is 15.4. The average molecular weight is 462 g/mol. The number of nitrogens with one attached hydrogen (secondary N) is 3. The Balaban J connectivity index is 0.00000576. The highest BCUT2D eigenvalue weighted by atomic mass is 127. The van der Waals surface area contributed by atoms with Crippen molar-refractivity contribution in [3.8, 4) is 5.75 Å². The number of rotatable bonds is 10. The summed E-state index contributed by atoms with van der Waals surface area (Å²) in [5.74, 6) is 1.64. The van der Waals surface area contributed by atoms with Crippen LogP contribution in [0.1, 0.15) is 33.1 Å². The van der Waals surface area contributed by atoms with Crippen molar-refractivity contribution < 1.29 is 9.53 Å². The molecule has 0 fully saturated rings. The smallest absolute Gasteiger partial charge is 0.221 e. The minimum Gasteiger partial charge on any atom is -0.494 e. The molecule has 0 spiro atoms. The first-order valence-corrected chi connectivity index (χ1v) is 8.57. The summed E-state index contributed by atoms with van der Waals surface area (Å²) in [5.41, 5.74) is 0. The first kappa shape index (κ1) is 23.5. The molecule has 0 bridgehead atoms. The molecule has 0 aliphatic rings. The number of carbonyl (C=O) groups is 1. The number of halogens is 1. The van der Waals surface area contributed by atoms with E-state index in [4.69, 9.17) is 4.74 Å². The van der Waals surface area contributed by atoms with Crippen LogP contribution in [0, 0.1) is 0 Å². The molecule has 7 heteroatoms. The van der Waals surface area contributed by atoms with Crippen LogP contribution in [0.25, 0.3) is 0 Å². The Hall–Kier alpha value is -1.51. The number of hydrogen-bond donors (Lipinski definition) is 3. The molecule has 25 heavy (non-hydrogen) atoms. The quantitative estimate of drug-likeness (QED) is 0.216. The summed E-state index contributed by atoms with van der Waals surface area (Å²) >= 11 is 0. The predicted molar refractivity (Wildman–Crippen MR) is 114 cm³/mol. The summed E-state index contributed by atoms with van der Waals surface area (Å²) in [7, 11) is 1.72. The van der Waals surface area contributed by atoms with Crippen molar-refractivity contribution in [1.82, 2.24) is 16.0 Å². The molecule has 0 aromatic heterocycles. The maximum atomic E-state index is 11.7. The number of ether oxygens (including phenoxy) is 1. The molecule has 3 N–H and O–H groups in total. The van der Waals surface area contributed by atoms with Crippen LogP contribution in [-0.4, -0.2) is 44.7 Å². The molecule has 1 rings (SSSR count). The molecular weight excluding hydrogens is 431 g/mol. The fourth-order valence-electron chi connectivity index (χ4n) is 1.95. The van der Waals surface area contributed by atoms with E-state index in [1.807, 2.05) is 37.3 Å². The number of para-hydroxylation sites is 1. The molecule has 0 aliphatic heterocycles. The summed E-state index contributed by atoms with van der Waals surface area (Å²) in [5, 5.41) is 9.29. The molecule has 6 nitrogen and oxygen atoms in total. The lowest BCUT2D eigenvalue weighted by molar-refractivity contribution is -0.121. The van der Waals surface area contributed by atoms with E-state index in [1.54, 1.807) is 7.05 Å². The molecule has 1 atom stereocenters. The number of carbonyl (C=O) groups excluding carboxylic acids is 1. The van der Waals surface area contributed by atoms with Crippen molar-refractivity contribution in [1.29, 1.82) is 0 Å². The summed E-state index contributed by atoms with van der Waals surface area (Å²) in [6.45, 7) is 6.01. The van der Waals surface area contributed by atoms with E-state index in [-0.39, 0.29) is 35.9 Å². The SMILES string of the molecule is CCC(C)NC(=O)CCNC(=NC)NCCCOc1ccccc1.I. The van der Waals surface area contributed by atoms with Crippen LogP contribution in [-0.2, 0) is 4.79 Å². The van der Waals surface area contributed by atoms with E-state index in [2.05, 4.69) is 27.9 Å². The molecule has 0 radical (unpaired) electrons. The first-order chi connectivity index (χ1) is 11.7. The largest absolute Gasteiger partial charge is 0.494 e. The third kappa shape index (κ3) is 11.6. The Morgan fingerprint density at radius 1 is 1.20 bits per heavy atom. The number of guanidine groups is 1. The third-order valence-corrected chi connectivity index (χ3v) is 3.51. The highest BCUT2D eigenvalue weighted by Gasteiger charge is 2.05. The number of amides is 1. The zero-order chi connectivity index (χ0) is 17.6. The molecule has 1 aromatic carbocycles. The van der Waals surface area contributed by atoms with E-state index in [0.29, 0.717) is 25.5 Å². The second-order valence-electron chi connectivity index (χ2n) is 5.57. The number of hydrogen-bond acceptors (Lipinski definition) is 3. The van der Waals surface area contributed by atoms with Crippen molar-refractivity contribution in [2.45, 2.75) is 39.2 Å². The van der Waals surface area contributed by atoms with Gasteiger partial charge in [0.15, 0.2) is 5.96 Å².